The summed E-state index contributed by atoms with van der Waals surface area (Å²) in [7, 11) is -1.44. The summed E-state index contributed by atoms with van der Waals surface area (Å²) in [5.41, 5.74) is 0.576. The minimum Gasteiger partial charge on any atom is -0.306 e. The van der Waals surface area contributed by atoms with Crippen LogP contribution in [0.15, 0.2) is 4.21 Å². The van der Waals surface area contributed by atoms with Gasteiger partial charge in [-0.3, -0.25) is 4.79 Å². The van der Waals surface area contributed by atoms with Gasteiger partial charge in [0.15, 0.2) is 9.34 Å². The third-order valence-corrected chi connectivity index (χ3v) is 8.57. The number of amides is 1. The molecule has 134 valence electrons. The molecule has 2 fully saturated rings. The molecule has 7 nitrogen and oxygen atoms in total. The summed E-state index contributed by atoms with van der Waals surface area (Å²) in [5, 5.41) is 2.91. The van der Waals surface area contributed by atoms with Crippen LogP contribution in [0.1, 0.15) is 31.9 Å². The number of hydrogen-bond donors (Lipinski definition) is 1. The van der Waals surface area contributed by atoms with Crippen LogP contribution >= 0.6 is 11.3 Å². The van der Waals surface area contributed by atoms with Gasteiger partial charge < -0.3 is 10.2 Å². The molecule has 0 aliphatic carbocycles. The molecule has 0 atom stereocenters. The highest BCUT2D eigenvalue weighted by Gasteiger charge is 2.45. The molecule has 2 aliphatic rings. The lowest BCUT2D eigenvalue weighted by Gasteiger charge is -2.37. The molecule has 1 aromatic rings. The maximum absolute atomic E-state index is 13.0. The van der Waals surface area contributed by atoms with Gasteiger partial charge in [-0.2, -0.15) is 4.31 Å². The number of carbonyl (C=O) groups excluding carboxylic acids is 1. The first-order chi connectivity index (χ1) is 11.2. The Labute approximate surface area is 147 Å². The Morgan fingerprint density at radius 2 is 1.88 bits per heavy atom. The average Bonchev–Trinajstić information content (AvgIpc) is 3.07. The van der Waals surface area contributed by atoms with Crippen LogP contribution in [0.3, 0.4) is 0 Å². The van der Waals surface area contributed by atoms with E-state index in [1.54, 1.807) is 11.2 Å². The summed E-state index contributed by atoms with van der Waals surface area (Å²) in [5.74, 6) is -0.251. The monoisotopic (exact) mass is 372 g/mol. The summed E-state index contributed by atoms with van der Waals surface area (Å²) in [6, 6.07) is 0. The molecule has 2 aliphatic heterocycles. The van der Waals surface area contributed by atoms with Crippen molar-refractivity contribution >= 4 is 32.4 Å². The van der Waals surface area contributed by atoms with Crippen molar-refractivity contribution in [2.24, 2.45) is 5.41 Å². The fourth-order valence-corrected chi connectivity index (χ4v) is 6.69. The van der Waals surface area contributed by atoms with Gasteiger partial charge in [0, 0.05) is 20.0 Å². The summed E-state index contributed by atoms with van der Waals surface area (Å²) < 4.78 is 27.9. The Kier molecular flexibility index (Phi) is 4.71. The average molecular weight is 373 g/mol. The molecular formula is C15H24N4O3S2. The smallest absolute Gasteiger partial charge is 0.254 e. The molecule has 1 N–H and O–H groups in total. The number of sulfonamides is 1. The normalized spacial score (nSPS) is 22.1. The number of aromatic nitrogens is 1. The van der Waals surface area contributed by atoms with Crippen molar-refractivity contribution in [1.82, 2.24) is 14.2 Å². The summed E-state index contributed by atoms with van der Waals surface area (Å²) in [4.78, 5) is 17.6. The van der Waals surface area contributed by atoms with Crippen molar-refractivity contribution in [2.75, 3.05) is 38.5 Å². The van der Waals surface area contributed by atoms with Gasteiger partial charge in [-0.25, -0.2) is 13.4 Å². The van der Waals surface area contributed by atoms with Crippen LogP contribution in [0.5, 0.6) is 0 Å². The fraction of sp³-hybridized carbons (Fsp3) is 0.733. The molecule has 0 radical (unpaired) electrons. The highest BCUT2D eigenvalue weighted by atomic mass is 32.2. The van der Waals surface area contributed by atoms with Gasteiger partial charge in [0.25, 0.3) is 10.0 Å². The quantitative estimate of drug-likeness (QED) is 0.870. The van der Waals surface area contributed by atoms with Gasteiger partial charge in [-0.15, -0.1) is 0 Å². The molecular weight excluding hydrogens is 348 g/mol. The molecule has 0 unspecified atom stereocenters. The van der Waals surface area contributed by atoms with Crippen molar-refractivity contribution in [3.63, 3.8) is 0 Å². The zero-order valence-corrected chi connectivity index (χ0v) is 16.0. The lowest BCUT2D eigenvalue weighted by molar-refractivity contribution is -0.114. The highest BCUT2D eigenvalue weighted by Crippen LogP contribution is 2.43. The van der Waals surface area contributed by atoms with Gasteiger partial charge in [-0.05, 0) is 51.7 Å². The van der Waals surface area contributed by atoms with Crippen molar-refractivity contribution in [2.45, 2.75) is 37.3 Å². The minimum absolute atomic E-state index is 0.124. The van der Waals surface area contributed by atoms with Gasteiger partial charge in [0.2, 0.25) is 5.91 Å². The number of thiazole rings is 1. The predicted molar refractivity (Wildman–Crippen MR) is 93.7 cm³/mol. The largest absolute Gasteiger partial charge is 0.306 e. The zero-order valence-electron chi connectivity index (χ0n) is 14.3. The fourth-order valence-electron chi connectivity index (χ4n) is 3.54. The summed E-state index contributed by atoms with van der Waals surface area (Å²) in [6.45, 7) is 6.28. The van der Waals surface area contributed by atoms with Crippen molar-refractivity contribution in [3.05, 3.63) is 5.69 Å². The number of anilines is 1. The van der Waals surface area contributed by atoms with Crippen LogP contribution in [0.25, 0.3) is 0 Å². The van der Waals surface area contributed by atoms with Crippen LogP contribution in [0.2, 0.25) is 0 Å². The third-order valence-electron chi connectivity index (χ3n) is 5.06. The molecule has 2 saturated heterocycles. The van der Waals surface area contributed by atoms with E-state index in [1.165, 1.54) is 6.92 Å². The molecule has 0 bridgehead atoms. The lowest BCUT2D eigenvalue weighted by Crippen LogP contribution is -2.40. The Bertz CT molecular complexity index is 736. The molecule has 3 heterocycles. The number of nitrogens with zero attached hydrogens (tertiary/aromatic N) is 3. The zero-order chi connectivity index (χ0) is 17.5. The van der Waals surface area contributed by atoms with Crippen molar-refractivity contribution < 1.29 is 13.2 Å². The summed E-state index contributed by atoms with van der Waals surface area (Å²) in [6.07, 6.45) is 3.03. The van der Waals surface area contributed by atoms with E-state index in [2.05, 4.69) is 22.2 Å². The Hall–Kier alpha value is -1.03. The first kappa shape index (κ1) is 17.8. The van der Waals surface area contributed by atoms with E-state index in [0.717, 1.165) is 43.7 Å². The summed E-state index contributed by atoms with van der Waals surface area (Å²) >= 11 is 1.04. The minimum atomic E-state index is -3.55. The van der Waals surface area contributed by atoms with Crippen LogP contribution < -0.4 is 5.32 Å². The molecule has 0 aromatic carbocycles. The Morgan fingerprint density at radius 1 is 1.25 bits per heavy atom. The molecule has 1 spiro atoms. The SMILES string of the molecule is CC(=O)Nc1nc(C)c(S(=O)(=O)N2CCC3(CCN(C)CC3)C2)s1. The number of hydrogen-bond acceptors (Lipinski definition) is 6. The van der Waals surface area contributed by atoms with E-state index in [1.807, 2.05) is 0 Å². The Morgan fingerprint density at radius 3 is 2.50 bits per heavy atom. The second-order valence-electron chi connectivity index (χ2n) is 6.96. The van der Waals surface area contributed by atoms with Crippen molar-refractivity contribution in [3.8, 4) is 0 Å². The third kappa shape index (κ3) is 3.35. The first-order valence-electron chi connectivity index (χ1n) is 8.16. The van der Waals surface area contributed by atoms with E-state index in [9.17, 15) is 13.2 Å². The number of rotatable bonds is 3. The van der Waals surface area contributed by atoms with Crippen LogP contribution in [0, 0.1) is 12.3 Å². The van der Waals surface area contributed by atoms with Crippen LogP contribution in [0.4, 0.5) is 5.13 Å². The topological polar surface area (TPSA) is 82.6 Å². The molecule has 3 rings (SSSR count). The van der Waals surface area contributed by atoms with Crippen LogP contribution in [-0.4, -0.2) is 61.7 Å². The van der Waals surface area contributed by atoms with Crippen LogP contribution in [-0.2, 0) is 14.8 Å². The molecule has 24 heavy (non-hydrogen) atoms. The second-order valence-corrected chi connectivity index (χ2v) is 10.1. The van der Waals surface area contributed by atoms with E-state index >= 15 is 0 Å². The molecule has 0 saturated carbocycles. The second kappa shape index (κ2) is 6.36. The number of carbonyl (C=O) groups is 1. The number of likely N-dealkylation sites (tertiary alicyclic amines) is 1. The van der Waals surface area contributed by atoms with Gasteiger partial charge in [-0.1, -0.05) is 11.3 Å². The standard InChI is InChI=1S/C15H24N4O3S2/c1-11-13(23-14(16-11)17-12(2)20)24(21,22)19-9-6-15(10-19)4-7-18(3)8-5-15/h4-10H2,1-3H3,(H,16,17,20). The number of aryl methyl sites for hydroxylation is 1. The van der Waals surface area contributed by atoms with Gasteiger partial charge >= 0.3 is 0 Å². The number of nitrogens with one attached hydrogen (secondary N) is 1. The van der Waals surface area contributed by atoms with E-state index in [4.69, 9.17) is 0 Å². The molecule has 1 amide bonds. The van der Waals surface area contributed by atoms with E-state index < -0.39 is 10.0 Å². The molecule has 1 aromatic heterocycles. The van der Waals surface area contributed by atoms with Gasteiger partial charge in [0.1, 0.15) is 0 Å². The first-order valence-corrected chi connectivity index (χ1v) is 10.4. The highest BCUT2D eigenvalue weighted by molar-refractivity contribution is 7.91. The molecule has 9 heteroatoms. The van der Waals surface area contributed by atoms with Crippen molar-refractivity contribution in [1.29, 1.82) is 0 Å². The number of piperidine rings is 1. The predicted octanol–water partition coefficient (Wildman–Crippen LogP) is 1.52. The maximum atomic E-state index is 13.0. The van der Waals surface area contributed by atoms with E-state index in [-0.39, 0.29) is 15.5 Å². The Balaban J connectivity index is 1.79. The maximum Gasteiger partial charge on any atom is 0.254 e. The van der Waals surface area contributed by atoms with Gasteiger partial charge in [0.05, 0.1) is 5.69 Å². The lowest BCUT2D eigenvalue weighted by atomic mass is 9.78. The van der Waals surface area contributed by atoms with E-state index in [0.29, 0.717) is 23.9 Å².